The molecule has 3 N–H and O–H groups in total. The van der Waals surface area contributed by atoms with Crippen LogP contribution in [0.3, 0.4) is 0 Å². The van der Waals surface area contributed by atoms with Crippen molar-refractivity contribution < 1.29 is 15.3 Å². The highest BCUT2D eigenvalue weighted by atomic mass is 16.3. The Morgan fingerprint density at radius 2 is 1.35 bits per heavy atom. The van der Waals surface area contributed by atoms with Gasteiger partial charge in [0.1, 0.15) is 11.5 Å². The lowest BCUT2D eigenvalue weighted by atomic mass is 9.85. The molecule has 3 nitrogen and oxygen atoms in total. The van der Waals surface area contributed by atoms with Gasteiger partial charge in [-0.25, -0.2) is 0 Å². The zero-order valence-corrected chi connectivity index (χ0v) is 11.5. The first-order valence-electron chi connectivity index (χ1n) is 6.89. The van der Waals surface area contributed by atoms with Crippen LogP contribution < -0.4 is 0 Å². The van der Waals surface area contributed by atoms with Crippen molar-refractivity contribution in [1.29, 1.82) is 0 Å². The van der Waals surface area contributed by atoms with Gasteiger partial charge in [-0.15, -0.1) is 0 Å². The van der Waals surface area contributed by atoms with E-state index >= 15 is 0 Å². The molecule has 3 heteroatoms. The lowest BCUT2D eigenvalue weighted by Crippen LogP contribution is -2.11. The molecule has 0 aliphatic rings. The van der Waals surface area contributed by atoms with Crippen LogP contribution in [0.4, 0.5) is 0 Å². The van der Waals surface area contributed by atoms with E-state index in [9.17, 15) is 15.3 Å². The second kappa shape index (κ2) is 6.44. The Balaban J connectivity index is 2.39. The first-order valence-corrected chi connectivity index (χ1v) is 6.89. The minimum absolute atomic E-state index is 0.0801. The maximum absolute atomic E-state index is 10.6. The lowest BCUT2D eigenvalue weighted by Gasteiger charge is -2.24. The van der Waals surface area contributed by atoms with Gasteiger partial charge in [0.25, 0.3) is 0 Å². The van der Waals surface area contributed by atoms with Crippen LogP contribution in [-0.4, -0.2) is 15.3 Å². The Morgan fingerprint density at radius 1 is 0.850 bits per heavy atom. The molecule has 20 heavy (non-hydrogen) atoms. The molecule has 0 aromatic heterocycles. The van der Waals surface area contributed by atoms with Gasteiger partial charge >= 0.3 is 0 Å². The van der Waals surface area contributed by atoms with Crippen LogP contribution >= 0.6 is 0 Å². The van der Waals surface area contributed by atoms with Crippen LogP contribution in [0.25, 0.3) is 0 Å². The molecule has 0 fully saturated rings. The van der Waals surface area contributed by atoms with Crippen molar-refractivity contribution in [3.05, 3.63) is 59.7 Å². The molecule has 2 aromatic carbocycles. The van der Waals surface area contributed by atoms with E-state index in [1.807, 2.05) is 19.1 Å². The van der Waals surface area contributed by atoms with Gasteiger partial charge in [0.2, 0.25) is 0 Å². The summed E-state index contributed by atoms with van der Waals surface area (Å²) in [6.07, 6.45) is 0.765. The fraction of sp³-hybridized carbons (Fsp3) is 0.294. The first kappa shape index (κ1) is 14.4. The topological polar surface area (TPSA) is 60.7 Å². The minimum atomic E-state index is -0.843. The summed E-state index contributed by atoms with van der Waals surface area (Å²) in [4.78, 5) is 0. The number of aliphatic hydroxyl groups is 1. The Labute approximate surface area is 119 Å². The Morgan fingerprint density at radius 3 is 1.85 bits per heavy atom. The minimum Gasteiger partial charge on any atom is -0.508 e. The third-order valence-corrected chi connectivity index (χ3v) is 3.57. The average Bonchev–Trinajstić information content (AvgIpc) is 2.46. The summed E-state index contributed by atoms with van der Waals surface area (Å²) >= 11 is 0. The highest BCUT2D eigenvalue weighted by Gasteiger charge is 2.25. The molecular weight excluding hydrogens is 252 g/mol. The summed E-state index contributed by atoms with van der Waals surface area (Å²) in [7, 11) is 0. The highest BCUT2D eigenvalue weighted by molar-refractivity contribution is 5.40. The Bertz CT molecular complexity index is 566. The molecule has 0 amide bonds. The summed E-state index contributed by atoms with van der Waals surface area (Å²) in [6, 6.07) is 13.8. The predicted molar refractivity (Wildman–Crippen MR) is 78.8 cm³/mol. The molecule has 0 saturated heterocycles. The summed E-state index contributed by atoms with van der Waals surface area (Å²) in [5.74, 6) is 0.0199. The van der Waals surface area contributed by atoms with Crippen molar-refractivity contribution in [2.45, 2.75) is 31.8 Å². The van der Waals surface area contributed by atoms with Crippen LogP contribution in [0.1, 0.15) is 42.9 Å². The zero-order chi connectivity index (χ0) is 14.5. The van der Waals surface area contributed by atoms with E-state index in [1.54, 1.807) is 36.4 Å². The molecule has 0 spiro atoms. The monoisotopic (exact) mass is 272 g/mol. The van der Waals surface area contributed by atoms with Crippen LogP contribution in [0.2, 0.25) is 0 Å². The number of phenols is 2. The second-order valence-electron chi connectivity index (χ2n) is 4.96. The molecular formula is C17H20O3. The predicted octanol–water partition coefficient (Wildman–Crippen LogP) is 3.72. The third kappa shape index (κ3) is 2.94. The number of hydrogen-bond donors (Lipinski definition) is 3. The van der Waals surface area contributed by atoms with Gasteiger partial charge in [-0.1, -0.05) is 49.7 Å². The van der Waals surface area contributed by atoms with Crippen molar-refractivity contribution in [3.8, 4) is 11.5 Å². The average molecular weight is 272 g/mol. The highest BCUT2D eigenvalue weighted by Crippen LogP contribution is 2.40. The van der Waals surface area contributed by atoms with E-state index in [0.717, 1.165) is 12.8 Å². The first-order chi connectivity index (χ1) is 9.65. The van der Waals surface area contributed by atoms with E-state index in [4.69, 9.17) is 0 Å². The SMILES string of the molecule is CCCC(c1ccccc1O)C(O)c1ccccc1O. The quantitative estimate of drug-likeness (QED) is 0.777. The normalized spacial score (nSPS) is 13.9. The molecule has 0 aliphatic carbocycles. The summed E-state index contributed by atoms with van der Waals surface area (Å²) in [6.45, 7) is 2.03. The molecule has 0 heterocycles. The lowest BCUT2D eigenvalue weighted by molar-refractivity contribution is 0.135. The molecule has 2 unspecified atom stereocenters. The molecule has 0 aliphatic heterocycles. The van der Waals surface area contributed by atoms with Gasteiger partial charge in [-0.3, -0.25) is 0 Å². The van der Waals surface area contributed by atoms with Gasteiger partial charge in [0, 0.05) is 11.5 Å². The molecule has 0 radical (unpaired) electrons. The van der Waals surface area contributed by atoms with Crippen molar-refractivity contribution in [3.63, 3.8) is 0 Å². The van der Waals surface area contributed by atoms with Gasteiger partial charge < -0.3 is 15.3 Å². The fourth-order valence-corrected chi connectivity index (χ4v) is 2.55. The molecule has 2 rings (SSSR count). The van der Waals surface area contributed by atoms with Crippen molar-refractivity contribution in [2.75, 3.05) is 0 Å². The van der Waals surface area contributed by atoms with Gasteiger partial charge in [-0.05, 0) is 24.1 Å². The van der Waals surface area contributed by atoms with Crippen molar-refractivity contribution in [2.24, 2.45) is 0 Å². The maximum atomic E-state index is 10.6. The fourth-order valence-electron chi connectivity index (χ4n) is 2.55. The second-order valence-corrected chi connectivity index (χ2v) is 4.96. The van der Waals surface area contributed by atoms with Crippen molar-refractivity contribution in [1.82, 2.24) is 0 Å². The number of aromatic hydroxyl groups is 2. The third-order valence-electron chi connectivity index (χ3n) is 3.57. The van der Waals surface area contributed by atoms with Gasteiger partial charge in [-0.2, -0.15) is 0 Å². The smallest absolute Gasteiger partial charge is 0.121 e. The number of rotatable bonds is 5. The standard InChI is InChI=1S/C17H20O3/c1-2-7-13(12-8-3-5-10-15(12)18)17(20)14-9-4-6-11-16(14)19/h3-6,8-11,13,17-20H,2,7H2,1H3. The number of aliphatic hydroxyl groups excluding tert-OH is 1. The zero-order valence-electron chi connectivity index (χ0n) is 11.5. The molecule has 0 saturated carbocycles. The van der Waals surface area contributed by atoms with E-state index in [0.29, 0.717) is 11.1 Å². The molecule has 2 atom stereocenters. The van der Waals surface area contributed by atoms with E-state index in [-0.39, 0.29) is 17.4 Å². The summed E-state index contributed by atoms with van der Waals surface area (Å²) in [5.41, 5.74) is 1.21. The summed E-state index contributed by atoms with van der Waals surface area (Å²) < 4.78 is 0. The van der Waals surface area contributed by atoms with Crippen molar-refractivity contribution >= 4 is 0 Å². The number of para-hydroxylation sites is 2. The number of phenolic OH excluding ortho intramolecular Hbond substituents is 2. The maximum Gasteiger partial charge on any atom is 0.121 e. The van der Waals surface area contributed by atoms with Crippen LogP contribution in [0.5, 0.6) is 11.5 Å². The van der Waals surface area contributed by atoms with E-state index < -0.39 is 6.10 Å². The van der Waals surface area contributed by atoms with Crippen LogP contribution in [0.15, 0.2) is 48.5 Å². The van der Waals surface area contributed by atoms with Crippen LogP contribution in [-0.2, 0) is 0 Å². The Hall–Kier alpha value is -2.00. The largest absolute Gasteiger partial charge is 0.508 e. The summed E-state index contributed by atoms with van der Waals surface area (Å²) in [5, 5.41) is 30.5. The Kier molecular flexibility index (Phi) is 4.64. The van der Waals surface area contributed by atoms with E-state index in [2.05, 4.69) is 0 Å². The molecule has 106 valence electrons. The molecule has 2 aromatic rings. The van der Waals surface area contributed by atoms with E-state index in [1.165, 1.54) is 0 Å². The van der Waals surface area contributed by atoms with Crippen LogP contribution in [0, 0.1) is 0 Å². The molecule has 0 bridgehead atoms. The van der Waals surface area contributed by atoms with Gasteiger partial charge in [0.05, 0.1) is 6.10 Å². The number of hydrogen-bond acceptors (Lipinski definition) is 3. The van der Waals surface area contributed by atoms with Gasteiger partial charge in [0.15, 0.2) is 0 Å². The number of benzene rings is 2.